The van der Waals surface area contributed by atoms with Gasteiger partial charge in [-0.05, 0) is 42.7 Å². The summed E-state index contributed by atoms with van der Waals surface area (Å²) >= 11 is 4.83. The zero-order valence-electron chi connectivity index (χ0n) is 18.1. The molecule has 1 saturated carbocycles. The molecule has 0 spiro atoms. The van der Waals surface area contributed by atoms with E-state index in [1.54, 1.807) is 7.11 Å². The zero-order valence-corrected chi connectivity index (χ0v) is 19.0. The first-order chi connectivity index (χ1) is 13.4. The molecule has 2 fully saturated rings. The highest BCUT2D eigenvalue weighted by Gasteiger charge is 2.32. The van der Waals surface area contributed by atoms with Crippen LogP contribution in [0.2, 0.25) is 0 Å². The number of thiol groups is 1. The summed E-state index contributed by atoms with van der Waals surface area (Å²) in [5.74, 6) is 1.72. The van der Waals surface area contributed by atoms with E-state index < -0.39 is 0 Å². The summed E-state index contributed by atoms with van der Waals surface area (Å²) in [5.41, 5.74) is 1.60. The Bertz CT molecular complexity index is 616. The van der Waals surface area contributed by atoms with Crippen molar-refractivity contribution in [3.05, 3.63) is 24.3 Å². The van der Waals surface area contributed by atoms with Crippen molar-refractivity contribution in [3.63, 3.8) is 0 Å². The van der Waals surface area contributed by atoms with Gasteiger partial charge in [-0.3, -0.25) is 4.90 Å². The average Bonchev–Trinajstić information content (AvgIpc) is 2.65. The number of benzene rings is 1. The third-order valence-corrected chi connectivity index (χ3v) is 6.45. The van der Waals surface area contributed by atoms with Crippen molar-refractivity contribution in [1.82, 2.24) is 4.90 Å². The van der Waals surface area contributed by atoms with Gasteiger partial charge in [0.15, 0.2) is 0 Å². The van der Waals surface area contributed by atoms with Crippen LogP contribution in [0.5, 0.6) is 5.75 Å². The highest BCUT2D eigenvalue weighted by Crippen LogP contribution is 2.39. The molecule has 0 amide bonds. The van der Waals surface area contributed by atoms with Gasteiger partial charge < -0.3 is 14.4 Å². The highest BCUT2D eigenvalue weighted by atomic mass is 32.1. The molecule has 0 unspecified atom stereocenters. The summed E-state index contributed by atoms with van der Waals surface area (Å²) in [7, 11) is 1.74. The second kappa shape index (κ2) is 9.73. The van der Waals surface area contributed by atoms with Gasteiger partial charge in [0, 0.05) is 38.0 Å². The van der Waals surface area contributed by atoms with Crippen molar-refractivity contribution in [2.75, 3.05) is 51.3 Å². The maximum Gasteiger partial charge on any atom is 0.142 e. The van der Waals surface area contributed by atoms with Gasteiger partial charge in [-0.15, -0.1) is 0 Å². The lowest BCUT2D eigenvalue weighted by molar-refractivity contribution is -0.0237. The number of rotatable bonds is 7. The molecular weight excluding hydrogens is 368 g/mol. The van der Waals surface area contributed by atoms with Crippen LogP contribution >= 0.6 is 12.6 Å². The third kappa shape index (κ3) is 6.04. The molecule has 5 heteroatoms. The number of anilines is 1. The second-order valence-electron chi connectivity index (χ2n) is 9.48. The van der Waals surface area contributed by atoms with Crippen LogP contribution < -0.4 is 9.64 Å². The van der Waals surface area contributed by atoms with E-state index >= 15 is 0 Å². The van der Waals surface area contributed by atoms with Gasteiger partial charge in [-0.25, -0.2) is 0 Å². The number of hydrogen-bond acceptors (Lipinski definition) is 5. The van der Waals surface area contributed by atoms with Crippen LogP contribution in [0.1, 0.15) is 40.0 Å². The van der Waals surface area contributed by atoms with Gasteiger partial charge >= 0.3 is 0 Å². The molecule has 1 heterocycles. The molecule has 1 aliphatic heterocycles. The third-order valence-electron chi connectivity index (χ3n) is 6.14. The molecule has 28 heavy (non-hydrogen) atoms. The molecule has 1 aromatic rings. The molecule has 1 saturated heterocycles. The van der Waals surface area contributed by atoms with E-state index in [4.69, 9.17) is 22.1 Å². The lowest BCUT2D eigenvalue weighted by atomic mass is 9.71. The molecule has 0 aromatic heterocycles. The molecule has 1 aromatic carbocycles. The lowest BCUT2D eigenvalue weighted by Gasteiger charge is -2.39. The Morgan fingerprint density at radius 2 is 1.86 bits per heavy atom. The Balaban J connectivity index is 1.41. The van der Waals surface area contributed by atoms with Crippen LogP contribution in [0.25, 0.3) is 0 Å². The van der Waals surface area contributed by atoms with Gasteiger partial charge in [0.25, 0.3) is 0 Å². The molecule has 158 valence electrons. The van der Waals surface area contributed by atoms with E-state index in [0.29, 0.717) is 11.5 Å². The molecule has 0 bridgehead atoms. The second-order valence-corrected chi connectivity index (χ2v) is 10.2. The van der Waals surface area contributed by atoms with Crippen LogP contribution in [-0.2, 0) is 4.74 Å². The van der Waals surface area contributed by atoms with E-state index in [9.17, 15) is 0 Å². The van der Waals surface area contributed by atoms with Crippen molar-refractivity contribution in [1.29, 1.82) is 0 Å². The summed E-state index contributed by atoms with van der Waals surface area (Å²) in [6.07, 6.45) is 4.08. The van der Waals surface area contributed by atoms with Gasteiger partial charge in [-0.1, -0.05) is 32.9 Å². The normalized spacial score (nSPS) is 26.8. The van der Waals surface area contributed by atoms with Crippen LogP contribution in [0.4, 0.5) is 5.69 Å². The number of piperazine rings is 1. The Kier molecular flexibility index (Phi) is 7.57. The maximum absolute atomic E-state index is 6.28. The fraction of sp³-hybridized carbons (Fsp3) is 0.739. The smallest absolute Gasteiger partial charge is 0.142 e. The first-order valence-corrected chi connectivity index (χ1v) is 11.3. The largest absolute Gasteiger partial charge is 0.495 e. The number of nitrogens with zero attached hydrogens (tertiary/aromatic N) is 2. The van der Waals surface area contributed by atoms with Crippen LogP contribution in [-0.4, -0.2) is 62.7 Å². The molecule has 2 aliphatic rings. The Morgan fingerprint density at radius 1 is 1.14 bits per heavy atom. The predicted molar refractivity (Wildman–Crippen MR) is 121 cm³/mol. The van der Waals surface area contributed by atoms with Gasteiger partial charge in [0.2, 0.25) is 0 Å². The Morgan fingerprint density at radius 3 is 2.54 bits per heavy atom. The molecular formula is C23H38N2O2S. The number of para-hydroxylation sites is 2. The van der Waals surface area contributed by atoms with E-state index in [-0.39, 0.29) is 5.25 Å². The lowest BCUT2D eigenvalue weighted by Crippen LogP contribution is -2.48. The van der Waals surface area contributed by atoms with E-state index in [0.717, 1.165) is 51.0 Å². The quantitative estimate of drug-likeness (QED) is 0.681. The van der Waals surface area contributed by atoms with E-state index in [2.05, 4.69) is 42.7 Å². The first-order valence-electron chi connectivity index (χ1n) is 10.8. The number of methoxy groups -OCH3 is 1. The fourth-order valence-corrected chi connectivity index (χ4v) is 5.36. The molecule has 1 aliphatic carbocycles. The average molecular weight is 407 g/mol. The number of ether oxygens (including phenoxy) is 2. The van der Waals surface area contributed by atoms with Crippen molar-refractivity contribution in [3.8, 4) is 5.75 Å². The highest BCUT2D eigenvalue weighted by molar-refractivity contribution is 7.81. The van der Waals surface area contributed by atoms with E-state index in [1.807, 2.05) is 12.1 Å². The SMILES string of the molecule is COc1ccccc1N1CCN(C[C@@H](S)CO[C@H]2C[C@H](C)CC(C)(C)C2)CC1. The summed E-state index contributed by atoms with van der Waals surface area (Å²) in [4.78, 5) is 4.94. The number of hydrogen-bond donors (Lipinski definition) is 1. The summed E-state index contributed by atoms with van der Waals surface area (Å²) in [6.45, 7) is 13.0. The van der Waals surface area contributed by atoms with Crippen molar-refractivity contribution < 1.29 is 9.47 Å². The zero-order chi connectivity index (χ0) is 20.1. The Labute approximate surface area is 177 Å². The monoisotopic (exact) mass is 406 g/mol. The predicted octanol–water partition coefficient (Wildman–Crippen LogP) is 4.35. The molecule has 0 N–H and O–H groups in total. The van der Waals surface area contributed by atoms with Gasteiger partial charge in [-0.2, -0.15) is 12.6 Å². The van der Waals surface area contributed by atoms with Gasteiger partial charge in [0.1, 0.15) is 5.75 Å². The molecule has 0 radical (unpaired) electrons. The minimum Gasteiger partial charge on any atom is -0.495 e. The van der Waals surface area contributed by atoms with E-state index in [1.165, 1.54) is 24.9 Å². The van der Waals surface area contributed by atoms with Crippen molar-refractivity contribution in [2.24, 2.45) is 11.3 Å². The standard InChI is InChI=1S/C23H38N2O2S/c1-18-13-19(15-23(2,3)14-18)27-17-20(28)16-24-9-11-25(12-10-24)21-7-5-6-8-22(21)26-4/h5-8,18-20,28H,9-17H2,1-4H3/t18-,19-,20+/m0/s1. The summed E-state index contributed by atoms with van der Waals surface area (Å²) in [5, 5.41) is 0.276. The van der Waals surface area contributed by atoms with Crippen molar-refractivity contribution in [2.45, 2.75) is 51.4 Å². The van der Waals surface area contributed by atoms with Crippen LogP contribution in [0, 0.1) is 11.3 Å². The topological polar surface area (TPSA) is 24.9 Å². The molecule has 3 atom stereocenters. The summed E-state index contributed by atoms with van der Waals surface area (Å²) < 4.78 is 11.8. The molecule has 4 nitrogen and oxygen atoms in total. The van der Waals surface area contributed by atoms with Crippen LogP contribution in [0.15, 0.2) is 24.3 Å². The summed E-state index contributed by atoms with van der Waals surface area (Å²) in [6, 6.07) is 8.30. The first kappa shape index (κ1) is 21.8. The molecule has 3 rings (SSSR count). The minimum atomic E-state index is 0.276. The van der Waals surface area contributed by atoms with Crippen LogP contribution in [0.3, 0.4) is 0 Å². The maximum atomic E-state index is 6.28. The fourth-order valence-electron chi connectivity index (χ4n) is 5.05. The minimum absolute atomic E-state index is 0.276. The van der Waals surface area contributed by atoms with Gasteiger partial charge in [0.05, 0.1) is 25.5 Å². The van der Waals surface area contributed by atoms with Crippen molar-refractivity contribution >= 4 is 18.3 Å². The Hall–Kier alpha value is -0.910.